The van der Waals surface area contributed by atoms with Crippen molar-refractivity contribution in [3.8, 4) is 0 Å². The zero-order valence-electron chi connectivity index (χ0n) is 11.1. The molecule has 0 aliphatic carbocycles. The van der Waals surface area contributed by atoms with Gasteiger partial charge in [-0.05, 0) is 11.1 Å². The molecule has 2 rings (SSSR count). The smallest absolute Gasteiger partial charge is 0.225 e. The standard InChI is InChI=1S/C16H14Cl3NO/c17-16(18,19)15(13-9-5-2-6-10-13)20-14(21)11-12-7-3-1-4-8-12/h1-10,15H,11H2,(H,20,21). The second-order valence-electron chi connectivity index (χ2n) is 4.62. The average molecular weight is 343 g/mol. The highest BCUT2D eigenvalue weighted by molar-refractivity contribution is 6.68. The molecular formula is C16H14Cl3NO. The number of amides is 1. The summed E-state index contributed by atoms with van der Waals surface area (Å²) < 4.78 is -1.62. The molecule has 5 heteroatoms. The quantitative estimate of drug-likeness (QED) is 0.817. The fourth-order valence-corrected chi connectivity index (χ4v) is 2.53. The van der Waals surface area contributed by atoms with Crippen LogP contribution in [0, 0.1) is 0 Å². The highest BCUT2D eigenvalue weighted by Crippen LogP contribution is 2.39. The molecule has 2 nitrogen and oxygen atoms in total. The predicted octanol–water partition coefficient (Wildman–Crippen LogP) is 4.46. The van der Waals surface area contributed by atoms with E-state index in [4.69, 9.17) is 34.8 Å². The van der Waals surface area contributed by atoms with Gasteiger partial charge in [0.1, 0.15) is 6.04 Å². The Labute approximate surface area is 139 Å². The Bertz CT molecular complexity index is 581. The van der Waals surface area contributed by atoms with Crippen molar-refractivity contribution in [1.29, 1.82) is 0 Å². The highest BCUT2D eigenvalue weighted by Gasteiger charge is 2.35. The van der Waals surface area contributed by atoms with Gasteiger partial charge >= 0.3 is 0 Å². The molecule has 0 spiro atoms. The third kappa shape index (κ3) is 4.92. The van der Waals surface area contributed by atoms with E-state index in [0.29, 0.717) is 0 Å². The van der Waals surface area contributed by atoms with E-state index < -0.39 is 9.83 Å². The lowest BCUT2D eigenvalue weighted by atomic mass is 10.1. The van der Waals surface area contributed by atoms with E-state index in [2.05, 4.69) is 5.32 Å². The molecule has 0 fully saturated rings. The van der Waals surface area contributed by atoms with Gasteiger partial charge in [-0.25, -0.2) is 0 Å². The molecule has 0 heterocycles. The van der Waals surface area contributed by atoms with Crippen LogP contribution in [0.1, 0.15) is 17.2 Å². The molecule has 0 aliphatic heterocycles. The van der Waals surface area contributed by atoms with Crippen molar-refractivity contribution in [2.75, 3.05) is 0 Å². The number of alkyl halides is 3. The number of hydrogen-bond acceptors (Lipinski definition) is 1. The SMILES string of the molecule is O=C(Cc1ccccc1)NC(c1ccccc1)C(Cl)(Cl)Cl. The lowest BCUT2D eigenvalue weighted by Gasteiger charge is -2.26. The van der Waals surface area contributed by atoms with E-state index >= 15 is 0 Å². The molecule has 1 unspecified atom stereocenters. The van der Waals surface area contributed by atoms with Crippen molar-refractivity contribution in [2.45, 2.75) is 16.3 Å². The number of benzene rings is 2. The van der Waals surface area contributed by atoms with Gasteiger partial charge in [-0.2, -0.15) is 0 Å². The minimum atomic E-state index is -1.62. The largest absolute Gasteiger partial charge is 0.345 e. The predicted molar refractivity (Wildman–Crippen MR) is 87.8 cm³/mol. The molecule has 1 atom stereocenters. The molecule has 0 saturated heterocycles. The van der Waals surface area contributed by atoms with Crippen LogP contribution in [0.2, 0.25) is 0 Å². The summed E-state index contributed by atoms with van der Waals surface area (Å²) in [6.07, 6.45) is 0.241. The van der Waals surface area contributed by atoms with Gasteiger partial charge in [0.2, 0.25) is 9.70 Å². The Kier molecular flexibility index (Phi) is 5.51. The summed E-state index contributed by atoms with van der Waals surface area (Å²) in [5.74, 6) is -0.193. The van der Waals surface area contributed by atoms with Crippen molar-refractivity contribution in [3.63, 3.8) is 0 Å². The van der Waals surface area contributed by atoms with Gasteiger partial charge in [0.25, 0.3) is 0 Å². The van der Waals surface area contributed by atoms with E-state index in [1.165, 1.54) is 0 Å². The van der Waals surface area contributed by atoms with Gasteiger partial charge in [0, 0.05) is 0 Å². The van der Waals surface area contributed by atoms with Crippen LogP contribution in [-0.4, -0.2) is 9.70 Å². The molecule has 2 aromatic carbocycles. The summed E-state index contributed by atoms with van der Waals surface area (Å²) >= 11 is 18.0. The van der Waals surface area contributed by atoms with Crippen LogP contribution < -0.4 is 5.32 Å². The number of halogens is 3. The Balaban J connectivity index is 2.11. The maximum Gasteiger partial charge on any atom is 0.225 e. The summed E-state index contributed by atoms with van der Waals surface area (Å²) in [4.78, 5) is 12.2. The first kappa shape index (κ1) is 16.2. The lowest BCUT2D eigenvalue weighted by molar-refractivity contribution is -0.121. The molecule has 2 aromatic rings. The van der Waals surface area contributed by atoms with Crippen LogP contribution in [0.3, 0.4) is 0 Å². The lowest BCUT2D eigenvalue weighted by Crippen LogP contribution is -2.37. The van der Waals surface area contributed by atoms with Gasteiger partial charge in [-0.1, -0.05) is 95.5 Å². The van der Waals surface area contributed by atoms with Gasteiger partial charge < -0.3 is 5.32 Å². The first-order chi connectivity index (χ1) is 9.97. The summed E-state index contributed by atoms with van der Waals surface area (Å²) in [7, 11) is 0. The van der Waals surface area contributed by atoms with Crippen LogP contribution in [0.15, 0.2) is 60.7 Å². The topological polar surface area (TPSA) is 29.1 Å². The Morgan fingerprint density at radius 3 is 2.00 bits per heavy atom. The van der Waals surface area contributed by atoms with Crippen LogP contribution in [0.25, 0.3) is 0 Å². The zero-order valence-corrected chi connectivity index (χ0v) is 13.4. The summed E-state index contributed by atoms with van der Waals surface area (Å²) in [5.41, 5.74) is 1.66. The Hall–Kier alpha value is -1.22. The van der Waals surface area contributed by atoms with Gasteiger partial charge in [-0.3, -0.25) is 4.79 Å². The van der Waals surface area contributed by atoms with Gasteiger partial charge in [0.05, 0.1) is 6.42 Å². The van der Waals surface area contributed by atoms with Crippen molar-refractivity contribution >= 4 is 40.7 Å². The molecule has 21 heavy (non-hydrogen) atoms. The fraction of sp³-hybridized carbons (Fsp3) is 0.188. The molecule has 0 aromatic heterocycles. The van der Waals surface area contributed by atoms with Crippen LogP contribution >= 0.6 is 34.8 Å². The molecule has 0 saturated carbocycles. The molecule has 0 radical (unpaired) electrons. The number of rotatable bonds is 4. The summed E-state index contributed by atoms with van der Waals surface area (Å²) in [5, 5.41) is 2.79. The van der Waals surface area contributed by atoms with E-state index in [1.807, 2.05) is 60.7 Å². The first-order valence-electron chi connectivity index (χ1n) is 6.42. The van der Waals surface area contributed by atoms with Crippen molar-refractivity contribution in [3.05, 3.63) is 71.8 Å². The Morgan fingerprint density at radius 2 is 1.48 bits per heavy atom. The average Bonchev–Trinajstić information content (AvgIpc) is 2.45. The van der Waals surface area contributed by atoms with Gasteiger partial charge in [0.15, 0.2) is 0 Å². The van der Waals surface area contributed by atoms with Crippen molar-refractivity contribution < 1.29 is 4.79 Å². The highest BCUT2D eigenvalue weighted by atomic mass is 35.6. The van der Waals surface area contributed by atoms with Gasteiger partial charge in [-0.15, -0.1) is 0 Å². The molecule has 1 N–H and O–H groups in total. The normalized spacial score (nSPS) is 12.7. The van der Waals surface area contributed by atoms with Crippen molar-refractivity contribution in [2.24, 2.45) is 0 Å². The van der Waals surface area contributed by atoms with Crippen molar-refractivity contribution in [1.82, 2.24) is 5.32 Å². The minimum Gasteiger partial charge on any atom is -0.345 e. The summed E-state index contributed by atoms with van der Waals surface area (Å²) in [6.45, 7) is 0. The molecule has 1 amide bonds. The second kappa shape index (κ2) is 7.17. The molecular weight excluding hydrogens is 329 g/mol. The van der Waals surface area contributed by atoms with E-state index in [0.717, 1.165) is 11.1 Å². The zero-order chi connectivity index (χ0) is 15.3. The monoisotopic (exact) mass is 341 g/mol. The van der Waals surface area contributed by atoms with E-state index in [-0.39, 0.29) is 12.3 Å². The van der Waals surface area contributed by atoms with Crippen LogP contribution in [-0.2, 0) is 11.2 Å². The Morgan fingerprint density at radius 1 is 0.952 bits per heavy atom. The number of nitrogens with one attached hydrogen (secondary N) is 1. The number of carbonyl (C=O) groups excluding carboxylic acids is 1. The third-order valence-corrected chi connectivity index (χ3v) is 3.63. The number of carbonyl (C=O) groups is 1. The van der Waals surface area contributed by atoms with Crippen LogP contribution in [0.5, 0.6) is 0 Å². The maximum absolute atomic E-state index is 12.2. The van der Waals surface area contributed by atoms with Crippen LogP contribution in [0.4, 0.5) is 0 Å². The van der Waals surface area contributed by atoms with E-state index in [1.54, 1.807) is 0 Å². The first-order valence-corrected chi connectivity index (χ1v) is 7.55. The minimum absolute atomic E-state index is 0.193. The number of hydrogen-bond donors (Lipinski definition) is 1. The summed E-state index contributed by atoms with van der Waals surface area (Å²) in [6, 6.07) is 17.9. The fourth-order valence-electron chi connectivity index (χ4n) is 1.99. The molecule has 0 bridgehead atoms. The maximum atomic E-state index is 12.2. The second-order valence-corrected chi connectivity index (χ2v) is 6.98. The third-order valence-electron chi connectivity index (χ3n) is 2.97. The molecule has 110 valence electrons. The van der Waals surface area contributed by atoms with E-state index in [9.17, 15) is 4.79 Å². The molecule has 0 aliphatic rings.